The van der Waals surface area contributed by atoms with E-state index in [-0.39, 0.29) is 10.6 Å². The molecule has 1 aliphatic rings. The number of rotatable bonds is 2. The highest BCUT2D eigenvalue weighted by molar-refractivity contribution is 8.45. The van der Waals surface area contributed by atoms with Gasteiger partial charge in [-0.1, -0.05) is 43.2 Å². The van der Waals surface area contributed by atoms with Gasteiger partial charge in [0.25, 0.3) is 0 Å². The number of nitrogens with zero attached hydrogens (tertiary/aromatic N) is 1. The zero-order valence-corrected chi connectivity index (χ0v) is 12.4. The van der Waals surface area contributed by atoms with E-state index in [1.54, 1.807) is 24.3 Å². The summed E-state index contributed by atoms with van der Waals surface area (Å²) in [5.74, 6) is 0. The van der Waals surface area contributed by atoms with Crippen molar-refractivity contribution in [3.8, 4) is 0 Å². The van der Waals surface area contributed by atoms with Crippen LogP contribution in [0.25, 0.3) is 6.08 Å². The topological polar surface area (TPSA) is 12.4 Å². The first-order valence-corrected chi connectivity index (χ1v) is 8.45. The second-order valence-corrected chi connectivity index (χ2v) is 7.83. The molecule has 0 amide bonds. The number of halogens is 6. The van der Waals surface area contributed by atoms with Crippen molar-refractivity contribution in [2.24, 2.45) is 4.99 Å². The quantitative estimate of drug-likeness (QED) is 0.662. The molecule has 1 aliphatic heterocycles. The summed E-state index contributed by atoms with van der Waals surface area (Å²) in [6, 6.07) is 7.91. The Kier molecular flexibility index (Phi) is 2.80. The first kappa shape index (κ1) is 15.3. The van der Waals surface area contributed by atoms with E-state index in [9.17, 15) is 19.4 Å². The highest BCUT2D eigenvalue weighted by Crippen LogP contribution is 3.01. The van der Waals surface area contributed by atoms with E-state index in [2.05, 4.69) is 4.99 Å². The lowest BCUT2D eigenvalue weighted by Gasteiger charge is -2.40. The van der Waals surface area contributed by atoms with Crippen LogP contribution in [0.4, 0.5) is 19.4 Å². The fourth-order valence-corrected chi connectivity index (χ4v) is 3.01. The average Bonchev–Trinajstić information content (AvgIpc) is 2.79. The summed E-state index contributed by atoms with van der Waals surface area (Å²) in [6.45, 7) is 0. The maximum absolute atomic E-state index is 12.8. The third-order valence-corrected chi connectivity index (χ3v) is 4.67. The lowest BCUT2D eigenvalue weighted by atomic mass is 10.1. The summed E-state index contributed by atoms with van der Waals surface area (Å²) >= 11 is 5.76. The zero-order valence-electron chi connectivity index (χ0n) is 10.8. The first-order valence-electron chi connectivity index (χ1n) is 6.12. The second kappa shape index (κ2) is 4.02. The van der Waals surface area contributed by atoms with Crippen molar-refractivity contribution in [3.05, 3.63) is 63.6 Å². The van der Waals surface area contributed by atoms with Crippen LogP contribution < -0.4 is 10.6 Å². The highest BCUT2D eigenvalue weighted by atomic mass is 35.5. The third kappa shape index (κ3) is 2.96. The Morgan fingerprint density at radius 3 is 2.14 bits per heavy atom. The van der Waals surface area contributed by atoms with E-state index in [0.29, 0.717) is 17.2 Å². The molecule has 3 rings (SSSR count). The molecule has 2 aromatic rings. The van der Waals surface area contributed by atoms with Gasteiger partial charge in [0.05, 0.1) is 11.4 Å². The van der Waals surface area contributed by atoms with Crippen LogP contribution in [0.5, 0.6) is 0 Å². The molecule has 22 heavy (non-hydrogen) atoms. The molecule has 2 aromatic carbocycles. The van der Waals surface area contributed by atoms with Crippen LogP contribution in [0, 0.1) is 0 Å². The van der Waals surface area contributed by atoms with Crippen LogP contribution in [0.2, 0.25) is 5.02 Å². The minimum Gasteiger partial charge on any atom is -0.272 e. The molecule has 0 unspecified atom stereocenters. The fourth-order valence-electron chi connectivity index (χ4n) is 2.21. The molecule has 0 saturated carbocycles. The standard InChI is InChI=1S/C14H9ClF5NS/c15-11-3-1-9(2-4-11)14-8-10-7-12(5-6-13(10)21-14)22(16,17,18,19)20/h1-8,14H/t14-/m0/s1. The summed E-state index contributed by atoms with van der Waals surface area (Å²) in [4.78, 5) is 2.32. The van der Waals surface area contributed by atoms with E-state index in [0.717, 1.165) is 11.6 Å². The molecule has 8 heteroatoms. The molecule has 0 fully saturated rings. The van der Waals surface area contributed by atoms with Gasteiger partial charge in [-0.2, -0.15) is 0 Å². The monoisotopic (exact) mass is 353 g/mol. The Morgan fingerprint density at radius 1 is 0.909 bits per heavy atom. The first-order chi connectivity index (χ1) is 9.92. The van der Waals surface area contributed by atoms with E-state index in [4.69, 9.17) is 11.6 Å². The summed E-state index contributed by atoms with van der Waals surface area (Å²) in [5.41, 5.74) is 0.717. The van der Waals surface area contributed by atoms with Crippen LogP contribution in [0.1, 0.15) is 11.6 Å². The molecule has 0 aliphatic carbocycles. The van der Waals surface area contributed by atoms with Gasteiger partial charge in [0.15, 0.2) is 0 Å². The molecule has 1 atom stereocenters. The van der Waals surface area contributed by atoms with E-state index >= 15 is 0 Å². The summed E-state index contributed by atoms with van der Waals surface area (Å²) in [7, 11) is -9.67. The van der Waals surface area contributed by atoms with Gasteiger partial charge < -0.3 is 0 Å². The van der Waals surface area contributed by atoms with Crippen LogP contribution in [0.3, 0.4) is 0 Å². The molecule has 1 heterocycles. The minimum absolute atomic E-state index is 0.0469. The van der Waals surface area contributed by atoms with Crippen LogP contribution in [-0.2, 0) is 0 Å². The Bertz CT molecular complexity index is 875. The van der Waals surface area contributed by atoms with Crippen molar-refractivity contribution in [1.29, 1.82) is 0 Å². The predicted molar refractivity (Wildman–Crippen MR) is 77.3 cm³/mol. The van der Waals surface area contributed by atoms with Crippen LogP contribution in [-0.4, -0.2) is 0 Å². The maximum atomic E-state index is 12.8. The summed E-state index contributed by atoms with van der Waals surface area (Å²) in [5, 5.41) is 0.818. The van der Waals surface area contributed by atoms with Gasteiger partial charge in [0.2, 0.25) is 0 Å². The molecule has 0 N–H and O–H groups in total. The molecule has 0 saturated heterocycles. The van der Waals surface area contributed by atoms with Gasteiger partial charge in [-0.3, -0.25) is 4.99 Å². The van der Waals surface area contributed by atoms with Crippen molar-refractivity contribution in [3.63, 3.8) is 0 Å². The Balaban J connectivity index is 2.09. The Labute approximate surface area is 127 Å². The van der Waals surface area contributed by atoms with Crippen LogP contribution in [0.15, 0.2) is 52.4 Å². The van der Waals surface area contributed by atoms with Gasteiger partial charge in [-0.05, 0) is 47.2 Å². The number of benzene rings is 2. The minimum atomic E-state index is -9.67. The molecule has 0 radical (unpaired) electrons. The second-order valence-electron chi connectivity index (χ2n) is 4.98. The largest absolute Gasteiger partial charge is 0.310 e. The van der Waals surface area contributed by atoms with Crippen molar-refractivity contribution in [2.75, 3.05) is 0 Å². The number of fused-ring (bicyclic) bond motifs is 1. The van der Waals surface area contributed by atoms with Crippen molar-refractivity contribution < 1.29 is 19.4 Å². The van der Waals surface area contributed by atoms with Gasteiger partial charge in [0.1, 0.15) is 4.90 Å². The average molecular weight is 354 g/mol. The molecule has 0 aromatic heterocycles. The van der Waals surface area contributed by atoms with Crippen molar-refractivity contribution in [1.82, 2.24) is 0 Å². The summed E-state index contributed by atoms with van der Waals surface area (Å²) < 4.78 is 64.1. The van der Waals surface area contributed by atoms with Gasteiger partial charge >= 0.3 is 10.2 Å². The third-order valence-electron chi connectivity index (χ3n) is 3.27. The number of hydrogen-bond acceptors (Lipinski definition) is 1. The number of hydrogen-bond donors (Lipinski definition) is 0. The van der Waals surface area contributed by atoms with E-state index < -0.39 is 21.2 Å². The fraction of sp³-hybridized carbons (Fsp3) is 0.0714. The highest BCUT2D eigenvalue weighted by Gasteiger charge is 2.65. The molecule has 1 nitrogen and oxygen atoms in total. The van der Waals surface area contributed by atoms with E-state index in [1.165, 1.54) is 6.08 Å². The summed E-state index contributed by atoms with van der Waals surface area (Å²) in [6.07, 6.45) is 1.42. The van der Waals surface area contributed by atoms with Gasteiger partial charge in [-0.15, -0.1) is 0 Å². The molecule has 118 valence electrons. The van der Waals surface area contributed by atoms with E-state index in [1.807, 2.05) is 0 Å². The molecular formula is C14H9ClF5NS. The van der Waals surface area contributed by atoms with Gasteiger partial charge in [-0.25, -0.2) is 0 Å². The smallest absolute Gasteiger partial charge is 0.272 e. The normalized spacial score (nSPS) is 20.4. The van der Waals surface area contributed by atoms with Crippen molar-refractivity contribution in [2.45, 2.75) is 10.9 Å². The van der Waals surface area contributed by atoms with Crippen LogP contribution >= 0.6 is 21.8 Å². The molecular weight excluding hydrogens is 345 g/mol. The maximum Gasteiger partial charge on any atom is 0.310 e. The van der Waals surface area contributed by atoms with Gasteiger partial charge in [0, 0.05) is 5.02 Å². The zero-order chi connectivity index (χ0) is 16.2. The Morgan fingerprint density at radius 2 is 1.55 bits per heavy atom. The van der Waals surface area contributed by atoms with Crippen molar-refractivity contribution >= 4 is 27.9 Å². The predicted octanol–water partition coefficient (Wildman–Crippen LogP) is 5.15. The molecule has 0 spiro atoms. The SMILES string of the molecule is FS(F)(F)(F)(F)c1ccc2c(c1)=C[C@@H](c1ccc(Cl)cc1)N=2. The Hall–Kier alpha value is -1.60. The lowest BCUT2D eigenvalue weighted by Crippen LogP contribution is -2.23. The molecule has 0 bridgehead atoms. The lowest BCUT2D eigenvalue weighted by molar-refractivity contribution is 0.364.